The normalized spacial score (nSPS) is 19.8. The molecule has 0 amide bonds. The molecular weight excluding hydrogens is 283 g/mol. The average Bonchev–Trinajstić information content (AvgIpc) is 2.83. The molecule has 2 rings (SSSR count). The van der Waals surface area contributed by atoms with E-state index in [0.717, 1.165) is 37.9 Å². The summed E-state index contributed by atoms with van der Waals surface area (Å²) in [6, 6.07) is 2.36. The monoisotopic (exact) mass is 303 g/mol. The first-order valence-electron chi connectivity index (χ1n) is 7.00. The van der Waals surface area contributed by atoms with Crippen LogP contribution in [0.2, 0.25) is 0 Å². The van der Waals surface area contributed by atoms with E-state index in [1.165, 1.54) is 7.05 Å². The summed E-state index contributed by atoms with van der Waals surface area (Å²) in [6.45, 7) is 1.43. The number of likely N-dealkylation sites (tertiary alicyclic amines) is 1. The second-order valence-corrected chi connectivity index (χ2v) is 5.24. The van der Waals surface area contributed by atoms with Crippen LogP contribution in [0.15, 0.2) is 12.1 Å². The van der Waals surface area contributed by atoms with Gasteiger partial charge in [0.15, 0.2) is 0 Å². The number of halogens is 3. The Kier molecular flexibility index (Phi) is 4.92. The summed E-state index contributed by atoms with van der Waals surface area (Å²) in [4.78, 5) is 6.25. The number of hydrogen-bond acceptors (Lipinski definition) is 4. The number of rotatable bonds is 5. The molecule has 1 aromatic heterocycles. The van der Waals surface area contributed by atoms with Gasteiger partial charge in [0.1, 0.15) is 5.82 Å². The maximum atomic E-state index is 12.8. The van der Waals surface area contributed by atoms with Crippen molar-refractivity contribution in [2.24, 2.45) is 0 Å². The summed E-state index contributed by atoms with van der Waals surface area (Å²) in [5.74, 6) is 0.160. The van der Waals surface area contributed by atoms with Crippen LogP contribution in [0.1, 0.15) is 24.8 Å². The molecule has 1 atom stereocenters. The Morgan fingerprint density at radius 1 is 1.43 bits per heavy atom. The van der Waals surface area contributed by atoms with E-state index in [-0.39, 0.29) is 11.7 Å². The van der Waals surface area contributed by atoms with E-state index >= 15 is 0 Å². The zero-order chi connectivity index (χ0) is 15.5. The minimum absolute atomic E-state index is 0.00910. The lowest BCUT2D eigenvalue weighted by Gasteiger charge is -2.19. The summed E-state index contributed by atoms with van der Waals surface area (Å²) in [6.07, 6.45) is -1.34. The second-order valence-electron chi connectivity index (χ2n) is 5.24. The van der Waals surface area contributed by atoms with Crippen molar-refractivity contribution in [3.05, 3.63) is 17.7 Å². The average molecular weight is 303 g/mol. The molecule has 0 bridgehead atoms. The molecule has 7 heteroatoms. The molecule has 1 fully saturated rings. The van der Waals surface area contributed by atoms with Gasteiger partial charge in [-0.05, 0) is 38.9 Å². The Labute approximate surface area is 122 Å². The highest BCUT2D eigenvalue weighted by Gasteiger charge is 2.32. The van der Waals surface area contributed by atoms with Gasteiger partial charge in [0.2, 0.25) is 5.88 Å². The van der Waals surface area contributed by atoms with Crippen LogP contribution in [0, 0.1) is 0 Å². The van der Waals surface area contributed by atoms with Crippen LogP contribution in [0.3, 0.4) is 0 Å². The first kappa shape index (κ1) is 15.9. The van der Waals surface area contributed by atoms with Crippen molar-refractivity contribution >= 4 is 5.82 Å². The van der Waals surface area contributed by atoms with E-state index in [0.29, 0.717) is 12.6 Å². The van der Waals surface area contributed by atoms with E-state index in [1.807, 2.05) is 0 Å². The number of anilines is 1. The fraction of sp³-hybridized carbons (Fsp3) is 0.643. The number of alkyl halides is 3. The third-order valence-electron chi connectivity index (χ3n) is 3.76. The molecule has 1 N–H and O–H groups in total. The van der Waals surface area contributed by atoms with E-state index in [1.54, 1.807) is 0 Å². The van der Waals surface area contributed by atoms with Gasteiger partial charge in [0.25, 0.3) is 0 Å². The molecule has 1 saturated heterocycles. The number of ether oxygens (including phenoxy) is 1. The summed E-state index contributed by atoms with van der Waals surface area (Å²) < 4.78 is 43.8. The fourth-order valence-electron chi connectivity index (χ4n) is 2.51. The lowest BCUT2D eigenvalue weighted by atomic mass is 10.1. The molecule has 118 valence electrons. The zero-order valence-electron chi connectivity index (χ0n) is 12.2. The van der Waals surface area contributed by atoms with Crippen LogP contribution in [-0.2, 0) is 6.18 Å². The molecule has 21 heavy (non-hydrogen) atoms. The third-order valence-corrected chi connectivity index (χ3v) is 3.76. The maximum Gasteiger partial charge on any atom is 0.416 e. The molecule has 0 radical (unpaired) electrons. The predicted octanol–water partition coefficient (Wildman–Crippen LogP) is 3.01. The third kappa shape index (κ3) is 4.23. The SMILES string of the molecule is CNc1cc(C(F)(F)F)cc(OCCC2CCCN2C)n1. The number of nitrogens with one attached hydrogen (secondary N) is 1. The summed E-state index contributed by atoms with van der Waals surface area (Å²) in [5, 5.41) is 2.62. The first-order chi connectivity index (χ1) is 9.90. The van der Waals surface area contributed by atoms with Crippen molar-refractivity contribution in [2.45, 2.75) is 31.5 Å². The molecule has 0 saturated carbocycles. The molecule has 2 heterocycles. The highest BCUT2D eigenvalue weighted by atomic mass is 19.4. The molecule has 1 aliphatic rings. The number of pyridine rings is 1. The smallest absolute Gasteiger partial charge is 0.416 e. The summed E-state index contributed by atoms with van der Waals surface area (Å²) >= 11 is 0. The Morgan fingerprint density at radius 3 is 2.76 bits per heavy atom. The molecular formula is C14H20F3N3O. The lowest BCUT2D eigenvalue weighted by molar-refractivity contribution is -0.137. The van der Waals surface area contributed by atoms with Gasteiger partial charge in [0, 0.05) is 19.2 Å². The van der Waals surface area contributed by atoms with Gasteiger partial charge in [-0.3, -0.25) is 0 Å². The zero-order valence-corrected chi connectivity index (χ0v) is 12.2. The van der Waals surface area contributed by atoms with Gasteiger partial charge in [0.05, 0.1) is 12.2 Å². The first-order valence-corrected chi connectivity index (χ1v) is 7.00. The minimum atomic E-state index is -4.40. The van der Waals surface area contributed by atoms with E-state index in [9.17, 15) is 13.2 Å². The molecule has 1 unspecified atom stereocenters. The second kappa shape index (κ2) is 6.51. The van der Waals surface area contributed by atoms with Crippen LogP contribution in [0.4, 0.5) is 19.0 Å². The van der Waals surface area contributed by atoms with Crippen LogP contribution in [-0.4, -0.2) is 43.2 Å². The molecule has 1 aromatic rings. The number of hydrogen-bond donors (Lipinski definition) is 1. The quantitative estimate of drug-likeness (QED) is 0.907. The van der Waals surface area contributed by atoms with Crippen molar-refractivity contribution in [1.29, 1.82) is 0 Å². The van der Waals surface area contributed by atoms with Crippen molar-refractivity contribution in [3.8, 4) is 5.88 Å². The van der Waals surface area contributed by atoms with Gasteiger partial charge in [-0.15, -0.1) is 0 Å². The van der Waals surface area contributed by atoms with Gasteiger partial charge >= 0.3 is 6.18 Å². The van der Waals surface area contributed by atoms with Crippen LogP contribution >= 0.6 is 0 Å². The topological polar surface area (TPSA) is 37.4 Å². The van der Waals surface area contributed by atoms with Gasteiger partial charge in [-0.25, -0.2) is 0 Å². The summed E-state index contributed by atoms with van der Waals surface area (Å²) in [5.41, 5.74) is -0.755. The lowest BCUT2D eigenvalue weighted by Crippen LogP contribution is -2.26. The van der Waals surface area contributed by atoms with E-state index in [2.05, 4.69) is 22.2 Å². The standard InChI is InChI=1S/C14H20F3N3O/c1-18-12-8-10(14(15,16)17)9-13(19-12)21-7-5-11-4-3-6-20(11)2/h8-9,11H,3-7H2,1-2H3,(H,18,19). The van der Waals surface area contributed by atoms with Gasteiger partial charge < -0.3 is 15.0 Å². The van der Waals surface area contributed by atoms with Crippen molar-refractivity contribution < 1.29 is 17.9 Å². The van der Waals surface area contributed by atoms with Gasteiger partial charge in [-0.1, -0.05) is 0 Å². The Morgan fingerprint density at radius 2 is 2.19 bits per heavy atom. The molecule has 0 spiro atoms. The Balaban J connectivity index is 1.98. The van der Waals surface area contributed by atoms with E-state index in [4.69, 9.17) is 4.74 Å². The molecule has 0 aromatic carbocycles. The van der Waals surface area contributed by atoms with Crippen molar-refractivity contribution in [1.82, 2.24) is 9.88 Å². The molecule has 1 aliphatic heterocycles. The largest absolute Gasteiger partial charge is 0.478 e. The van der Waals surface area contributed by atoms with Crippen molar-refractivity contribution in [3.63, 3.8) is 0 Å². The van der Waals surface area contributed by atoms with Crippen LogP contribution in [0.25, 0.3) is 0 Å². The highest BCUT2D eigenvalue weighted by Crippen LogP contribution is 2.32. The molecule has 4 nitrogen and oxygen atoms in total. The highest BCUT2D eigenvalue weighted by molar-refractivity contribution is 5.42. The fourth-order valence-corrected chi connectivity index (χ4v) is 2.51. The predicted molar refractivity (Wildman–Crippen MR) is 74.5 cm³/mol. The minimum Gasteiger partial charge on any atom is -0.478 e. The number of aromatic nitrogens is 1. The van der Waals surface area contributed by atoms with Crippen LogP contribution < -0.4 is 10.1 Å². The number of nitrogens with zero attached hydrogens (tertiary/aromatic N) is 2. The molecule has 0 aliphatic carbocycles. The summed E-state index contributed by atoms with van der Waals surface area (Å²) in [7, 11) is 3.58. The van der Waals surface area contributed by atoms with Crippen LogP contribution in [0.5, 0.6) is 5.88 Å². The maximum absolute atomic E-state index is 12.8. The Hall–Kier alpha value is -1.50. The Bertz CT molecular complexity index is 479. The van der Waals surface area contributed by atoms with E-state index < -0.39 is 11.7 Å². The van der Waals surface area contributed by atoms with Gasteiger partial charge in [-0.2, -0.15) is 18.2 Å². The van der Waals surface area contributed by atoms with Crippen molar-refractivity contribution in [2.75, 3.05) is 32.6 Å².